The van der Waals surface area contributed by atoms with E-state index in [-0.39, 0.29) is 6.04 Å². The van der Waals surface area contributed by atoms with Gasteiger partial charge in [-0.25, -0.2) is 0 Å². The maximum absolute atomic E-state index is 5.18. The lowest BCUT2D eigenvalue weighted by Crippen LogP contribution is -2.16. The van der Waals surface area contributed by atoms with Gasteiger partial charge in [-0.15, -0.1) is 0 Å². The average Bonchev–Trinajstić information content (AvgIpc) is 3.09. The second-order valence-electron chi connectivity index (χ2n) is 4.77. The highest BCUT2D eigenvalue weighted by atomic mass is 79.9. The van der Waals surface area contributed by atoms with Crippen molar-refractivity contribution in [1.82, 2.24) is 24.5 Å². The molecular formula is C14H14BrN5S. The van der Waals surface area contributed by atoms with Gasteiger partial charge >= 0.3 is 0 Å². The van der Waals surface area contributed by atoms with E-state index in [1.54, 1.807) is 6.20 Å². The van der Waals surface area contributed by atoms with Crippen molar-refractivity contribution in [3.8, 4) is 0 Å². The highest BCUT2D eigenvalue weighted by molar-refractivity contribution is 9.10. The smallest absolute Gasteiger partial charge is 0.194 e. The summed E-state index contributed by atoms with van der Waals surface area (Å²) in [5.74, 6) is 0.903. The predicted octanol–water partition coefficient (Wildman–Crippen LogP) is 3.27. The fourth-order valence-corrected chi connectivity index (χ4v) is 2.85. The molecule has 1 atom stereocenters. The largest absolute Gasteiger partial charge is 0.307 e. The number of rotatable bonds is 4. The third-order valence-corrected chi connectivity index (χ3v) is 4.28. The lowest BCUT2D eigenvalue weighted by Gasteiger charge is -2.18. The van der Waals surface area contributed by atoms with Crippen LogP contribution in [0.3, 0.4) is 0 Å². The summed E-state index contributed by atoms with van der Waals surface area (Å²) < 4.78 is 5.51. The summed E-state index contributed by atoms with van der Waals surface area (Å²) in [5, 5.41) is 11.5. The Hall–Kier alpha value is -1.73. The third-order valence-electron chi connectivity index (χ3n) is 3.43. The molecule has 0 saturated heterocycles. The summed E-state index contributed by atoms with van der Waals surface area (Å²) in [7, 11) is 1.92. The average molecular weight is 364 g/mol. The van der Waals surface area contributed by atoms with E-state index in [2.05, 4.69) is 43.4 Å². The van der Waals surface area contributed by atoms with Crippen LogP contribution >= 0.6 is 28.1 Å². The van der Waals surface area contributed by atoms with Crippen LogP contribution in [0.2, 0.25) is 0 Å². The van der Waals surface area contributed by atoms with E-state index in [0.29, 0.717) is 11.2 Å². The number of hydrogen-bond acceptors (Lipinski definition) is 3. The molecule has 0 bridgehead atoms. The zero-order valence-corrected chi connectivity index (χ0v) is 13.8. The van der Waals surface area contributed by atoms with Crippen LogP contribution in [0, 0.1) is 4.77 Å². The highest BCUT2D eigenvalue weighted by Crippen LogP contribution is 2.24. The van der Waals surface area contributed by atoms with Gasteiger partial charge in [-0.1, -0.05) is 28.1 Å². The number of halogens is 1. The molecule has 5 nitrogen and oxygen atoms in total. The minimum atomic E-state index is 0.0707. The van der Waals surface area contributed by atoms with Crippen molar-refractivity contribution >= 4 is 28.1 Å². The van der Waals surface area contributed by atoms with Crippen molar-refractivity contribution in [3.63, 3.8) is 0 Å². The summed E-state index contributed by atoms with van der Waals surface area (Å²) in [6, 6.07) is 10.2. The number of aromatic amines is 1. The van der Waals surface area contributed by atoms with Crippen LogP contribution in [0.4, 0.5) is 0 Å². The summed E-state index contributed by atoms with van der Waals surface area (Å²) >= 11 is 8.70. The van der Waals surface area contributed by atoms with Gasteiger partial charge in [0, 0.05) is 30.3 Å². The molecule has 108 valence electrons. The van der Waals surface area contributed by atoms with Gasteiger partial charge < -0.3 is 4.57 Å². The molecule has 0 saturated carbocycles. The first-order chi connectivity index (χ1) is 10.1. The molecule has 0 aliphatic heterocycles. The van der Waals surface area contributed by atoms with E-state index < -0.39 is 0 Å². The van der Waals surface area contributed by atoms with Gasteiger partial charge in [-0.3, -0.25) is 9.78 Å². The zero-order chi connectivity index (χ0) is 14.8. The van der Waals surface area contributed by atoms with Gasteiger partial charge in [0.1, 0.15) is 5.82 Å². The minimum absolute atomic E-state index is 0.0707. The normalized spacial score (nSPS) is 12.5. The fourth-order valence-electron chi connectivity index (χ4n) is 2.28. The molecular weight excluding hydrogens is 350 g/mol. The first-order valence-corrected chi connectivity index (χ1v) is 7.70. The SMILES string of the molecule is Cn1c(CC(c2cccc(Br)c2)n2cccn2)n[nH]c1=S. The van der Waals surface area contributed by atoms with Gasteiger partial charge in [-0.2, -0.15) is 10.2 Å². The maximum atomic E-state index is 5.18. The molecule has 1 aromatic carbocycles. The highest BCUT2D eigenvalue weighted by Gasteiger charge is 2.18. The predicted molar refractivity (Wildman–Crippen MR) is 86.6 cm³/mol. The monoisotopic (exact) mass is 363 g/mol. The number of benzene rings is 1. The number of nitrogens with one attached hydrogen (secondary N) is 1. The molecule has 3 aromatic rings. The van der Waals surface area contributed by atoms with Crippen molar-refractivity contribution in [2.24, 2.45) is 7.05 Å². The van der Waals surface area contributed by atoms with Crippen LogP contribution in [-0.4, -0.2) is 24.5 Å². The first kappa shape index (κ1) is 14.2. The van der Waals surface area contributed by atoms with Crippen molar-refractivity contribution in [3.05, 3.63) is 63.4 Å². The van der Waals surface area contributed by atoms with Crippen molar-refractivity contribution in [1.29, 1.82) is 0 Å². The molecule has 0 aliphatic rings. The lowest BCUT2D eigenvalue weighted by atomic mass is 10.0. The molecule has 2 heterocycles. The minimum Gasteiger partial charge on any atom is -0.307 e. The van der Waals surface area contributed by atoms with E-state index in [1.807, 2.05) is 40.7 Å². The van der Waals surface area contributed by atoms with Gasteiger partial charge in [0.25, 0.3) is 0 Å². The second-order valence-corrected chi connectivity index (χ2v) is 6.07. The molecule has 3 rings (SSSR count). The van der Waals surface area contributed by atoms with Crippen molar-refractivity contribution in [2.75, 3.05) is 0 Å². The molecule has 0 fully saturated rings. The van der Waals surface area contributed by atoms with E-state index in [0.717, 1.165) is 10.3 Å². The van der Waals surface area contributed by atoms with Crippen molar-refractivity contribution in [2.45, 2.75) is 12.5 Å². The maximum Gasteiger partial charge on any atom is 0.194 e. The summed E-state index contributed by atoms with van der Waals surface area (Å²) in [5.41, 5.74) is 1.17. The van der Waals surface area contributed by atoms with Gasteiger partial charge in [0.2, 0.25) is 0 Å². The number of H-pyrrole nitrogens is 1. The number of nitrogens with zero attached hydrogens (tertiary/aromatic N) is 4. The molecule has 0 aliphatic carbocycles. The lowest BCUT2D eigenvalue weighted by molar-refractivity contribution is 0.501. The quantitative estimate of drug-likeness (QED) is 0.723. The van der Waals surface area contributed by atoms with E-state index in [9.17, 15) is 0 Å². The van der Waals surface area contributed by atoms with Crippen LogP contribution in [0.5, 0.6) is 0 Å². The number of hydrogen-bond donors (Lipinski definition) is 1. The molecule has 21 heavy (non-hydrogen) atoms. The Bertz CT molecular complexity index is 790. The van der Waals surface area contributed by atoms with Gasteiger partial charge in [0.05, 0.1) is 6.04 Å². The Kier molecular flexibility index (Phi) is 4.03. The Morgan fingerprint density at radius 2 is 2.24 bits per heavy atom. The molecule has 0 amide bonds. The molecule has 1 N–H and O–H groups in total. The third kappa shape index (κ3) is 2.98. The van der Waals surface area contributed by atoms with E-state index in [1.165, 1.54) is 5.56 Å². The Morgan fingerprint density at radius 1 is 1.38 bits per heavy atom. The van der Waals surface area contributed by atoms with E-state index in [4.69, 9.17) is 12.2 Å². The molecule has 1 unspecified atom stereocenters. The van der Waals surface area contributed by atoms with Gasteiger partial charge in [0.15, 0.2) is 4.77 Å². The summed E-state index contributed by atoms with van der Waals surface area (Å²) in [4.78, 5) is 0. The molecule has 0 spiro atoms. The van der Waals surface area contributed by atoms with Crippen LogP contribution < -0.4 is 0 Å². The topological polar surface area (TPSA) is 51.4 Å². The Morgan fingerprint density at radius 3 is 2.86 bits per heavy atom. The Labute approximate surface area is 135 Å². The van der Waals surface area contributed by atoms with Crippen molar-refractivity contribution < 1.29 is 0 Å². The molecule has 7 heteroatoms. The summed E-state index contributed by atoms with van der Waals surface area (Å²) in [6.07, 6.45) is 4.46. The summed E-state index contributed by atoms with van der Waals surface area (Å²) in [6.45, 7) is 0. The van der Waals surface area contributed by atoms with Crippen LogP contribution in [0.15, 0.2) is 47.2 Å². The van der Waals surface area contributed by atoms with Crippen LogP contribution in [0.25, 0.3) is 0 Å². The fraction of sp³-hybridized carbons (Fsp3) is 0.214. The first-order valence-electron chi connectivity index (χ1n) is 6.50. The molecule has 2 aromatic heterocycles. The molecule has 0 radical (unpaired) electrons. The van der Waals surface area contributed by atoms with E-state index >= 15 is 0 Å². The standard InChI is InChI=1S/C14H14BrN5S/c1-19-13(17-18-14(19)21)9-12(20-7-3-6-16-20)10-4-2-5-11(15)8-10/h2-8,12H,9H2,1H3,(H,18,21). The van der Waals surface area contributed by atoms with Crippen LogP contribution in [0.1, 0.15) is 17.4 Å². The zero-order valence-electron chi connectivity index (χ0n) is 11.4. The number of aromatic nitrogens is 5. The Balaban J connectivity index is 2.01. The van der Waals surface area contributed by atoms with Crippen LogP contribution in [-0.2, 0) is 13.5 Å². The van der Waals surface area contributed by atoms with Gasteiger partial charge in [-0.05, 0) is 36.0 Å². The second kappa shape index (κ2) is 5.95.